The number of ether oxygens (including phenoxy) is 2. The van der Waals surface area contributed by atoms with E-state index in [2.05, 4.69) is 0 Å². The summed E-state index contributed by atoms with van der Waals surface area (Å²) in [6, 6.07) is 0. The van der Waals surface area contributed by atoms with Crippen molar-refractivity contribution in [2.75, 3.05) is 6.61 Å². The first-order chi connectivity index (χ1) is 9.06. The first-order valence-electron chi connectivity index (χ1n) is 6.53. The lowest BCUT2D eigenvalue weighted by Gasteiger charge is -2.18. The van der Waals surface area contributed by atoms with Crippen molar-refractivity contribution in [1.82, 2.24) is 0 Å². The molecule has 0 aromatic rings. The predicted molar refractivity (Wildman–Crippen MR) is 65.0 cm³/mol. The molecule has 4 unspecified atom stereocenters. The van der Waals surface area contributed by atoms with Crippen LogP contribution in [0.3, 0.4) is 0 Å². The fourth-order valence-corrected chi connectivity index (χ4v) is 3.20. The van der Waals surface area contributed by atoms with E-state index in [0.717, 1.165) is 0 Å². The fraction of sp³-hybridized carbons (Fsp3) is 0.571. The molecule has 3 rings (SSSR count). The lowest BCUT2D eigenvalue weighted by atomic mass is 9.86. The highest BCUT2D eigenvalue weighted by Gasteiger charge is 2.68. The monoisotopic (exact) mass is 264 g/mol. The van der Waals surface area contributed by atoms with Crippen LogP contribution in [0.4, 0.5) is 0 Å². The van der Waals surface area contributed by atoms with Gasteiger partial charge in [-0.05, 0) is 25.5 Å². The molecule has 1 heterocycles. The van der Waals surface area contributed by atoms with Crippen LogP contribution in [0.25, 0.3) is 0 Å². The van der Waals surface area contributed by atoms with E-state index in [1.165, 1.54) is 0 Å². The summed E-state index contributed by atoms with van der Waals surface area (Å²) in [5, 5.41) is 9.49. The summed E-state index contributed by atoms with van der Waals surface area (Å²) in [6.07, 6.45) is 5.53. The predicted octanol–water partition coefficient (Wildman–Crippen LogP) is 1.50. The Labute approximate surface area is 110 Å². The first-order valence-corrected chi connectivity index (χ1v) is 6.53. The largest absolute Gasteiger partial charge is 0.508 e. The molecule has 0 aromatic carbocycles. The lowest BCUT2D eigenvalue weighted by molar-refractivity contribution is -0.154. The molecule has 102 valence electrons. The van der Waals surface area contributed by atoms with Crippen LogP contribution in [-0.4, -0.2) is 29.8 Å². The van der Waals surface area contributed by atoms with Crippen molar-refractivity contribution in [2.24, 2.45) is 17.3 Å². The van der Waals surface area contributed by atoms with E-state index in [4.69, 9.17) is 9.47 Å². The van der Waals surface area contributed by atoms with Gasteiger partial charge < -0.3 is 14.6 Å². The van der Waals surface area contributed by atoms with E-state index >= 15 is 0 Å². The molecular formula is C14H16O5. The van der Waals surface area contributed by atoms with E-state index in [0.29, 0.717) is 13.0 Å². The van der Waals surface area contributed by atoms with E-state index in [1.807, 2.05) is 6.08 Å². The summed E-state index contributed by atoms with van der Waals surface area (Å²) in [6.45, 7) is 2.05. The van der Waals surface area contributed by atoms with Gasteiger partial charge in [-0.15, -0.1) is 0 Å². The molecule has 1 spiro atoms. The number of hydrogen-bond donors (Lipinski definition) is 1. The second-order valence-electron chi connectivity index (χ2n) is 5.33. The molecule has 1 aliphatic heterocycles. The van der Waals surface area contributed by atoms with Gasteiger partial charge in [0.05, 0.1) is 18.9 Å². The Bertz CT molecular complexity index is 492. The number of carbonyl (C=O) groups is 2. The van der Waals surface area contributed by atoms with Gasteiger partial charge in [-0.3, -0.25) is 9.59 Å². The standard InChI is InChI=1S/C14H16O5/c1-2-18-13(17)8-5-11(16)19-12-10-6-9(15)3-4-14(10,12)7-8/h3-4,6,8,10,12,15H,2,5,7H2,1H3. The highest BCUT2D eigenvalue weighted by molar-refractivity contribution is 5.81. The molecule has 4 atom stereocenters. The van der Waals surface area contributed by atoms with Gasteiger partial charge >= 0.3 is 11.9 Å². The van der Waals surface area contributed by atoms with Crippen LogP contribution in [0.2, 0.25) is 0 Å². The van der Waals surface area contributed by atoms with Crippen LogP contribution in [-0.2, 0) is 19.1 Å². The van der Waals surface area contributed by atoms with Crippen molar-refractivity contribution in [3.63, 3.8) is 0 Å². The van der Waals surface area contributed by atoms with Gasteiger partial charge in [0.2, 0.25) is 0 Å². The van der Waals surface area contributed by atoms with E-state index in [1.54, 1.807) is 19.1 Å². The summed E-state index contributed by atoms with van der Waals surface area (Å²) in [5.41, 5.74) is -0.324. The van der Waals surface area contributed by atoms with Crippen LogP contribution in [0.5, 0.6) is 0 Å². The average molecular weight is 264 g/mol. The van der Waals surface area contributed by atoms with Crippen molar-refractivity contribution < 1.29 is 24.2 Å². The maximum atomic E-state index is 11.9. The minimum Gasteiger partial charge on any atom is -0.508 e. The van der Waals surface area contributed by atoms with Crippen LogP contribution >= 0.6 is 0 Å². The smallest absolute Gasteiger partial charge is 0.309 e. The average Bonchev–Trinajstić information content (AvgIpc) is 2.98. The molecule has 0 aromatic heterocycles. The zero-order valence-electron chi connectivity index (χ0n) is 10.7. The third kappa shape index (κ3) is 1.84. The van der Waals surface area contributed by atoms with Crippen LogP contribution in [0.1, 0.15) is 19.8 Å². The van der Waals surface area contributed by atoms with Gasteiger partial charge in [-0.2, -0.15) is 0 Å². The molecule has 19 heavy (non-hydrogen) atoms. The molecule has 1 saturated heterocycles. The van der Waals surface area contributed by atoms with Crippen molar-refractivity contribution in [1.29, 1.82) is 0 Å². The highest BCUT2D eigenvalue weighted by Crippen LogP contribution is 2.63. The van der Waals surface area contributed by atoms with Gasteiger partial charge in [0.15, 0.2) is 0 Å². The maximum absolute atomic E-state index is 11.9. The Morgan fingerprint density at radius 2 is 2.42 bits per heavy atom. The van der Waals surface area contributed by atoms with E-state index in [-0.39, 0.29) is 41.6 Å². The summed E-state index contributed by atoms with van der Waals surface area (Å²) >= 11 is 0. The second-order valence-corrected chi connectivity index (χ2v) is 5.33. The van der Waals surface area contributed by atoms with Gasteiger partial charge in [0, 0.05) is 11.3 Å². The summed E-state index contributed by atoms with van der Waals surface area (Å²) in [4.78, 5) is 23.6. The minimum absolute atomic E-state index is 0.0151. The Kier molecular flexibility index (Phi) is 2.66. The number of fused-ring (bicyclic) bond motifs is 1. The Balaban J connectivity index is 1.84. The zero-order valence-corrected chi connectivity index (χ0v) is 10.7. The lowest BCUT2D eigenvalue weighted by Crippen LogP contribution is -2.23. The van der Waals surface area contributed by atoms with Crippen LogP contribution in [0.15, 0.2) is 24.0 Å². The molecule has 3 aliphatic rings. The first kappa shape index (κ1) is 12.3. The summed E-state index contributed by atoms with van der Waals surface area (Å²) < 4.78 is 10.4. The maximum Gasteiger partial charge on any atom is 0.309 e. The summed E-state index contributed by atoms with van der Waals surface area (Å²) in [5.74, 6) is -0.991. The molecule has 1 N–H and O–H groups in total. The SMILES string of the molecule is CCOC(=O)C1CC(=O)OC2C3C=C(O)C=CC32C1. The Morgan fingerprint density at radius 3 is 3.16 bits per heavy atom. The van der Waals surface area contributed by atoms with Gasteiger partial charge in [-0.25, -0.2) is 0 Å². The Morgan fingerprint density at radius 1 is 1.63 bits per heavy atom. The topological polar surface area (TPSA) is 72.8 Å². The molecule has 2 aliphatic carbocycles. The highest BCUT2D eigenvalue weighted by atomic mass is 16.6. The molecule has 5 heteroatoms. The van der Waals surface area contributed by atoms with Crippen LogP contribution < -0.4 is 0 Å². The number of aliphatic hydroxyl groups is 1. The second kappa shape index (κ2) is 4.11. The molecule has 2 fully saturated rings. The number of hydrogen-bond acceptors (Lipinski definition) is 5. The number of carbonyl (C=O) groups excluding carboxylic acids is 2. The van der Waals surface area contributed by atoms with Crippen molar-refractivity contribution in [2.45, 2.75) is 25.9 Å². The molecule has 0 amide bonds. The number of rotatable bonds is 2. The zero-order chi connectivity index (χ0) is 13.6. The number of esters is 2. The van der Waals surface area contributed by atoms with Crippen molar-refractivity contribution >= 4 is 11.9 Å². The van der Waals surface area contributed by atoms with E-state index in [9.17, 15) is 14.7 Å². The molecule has 0 bridgehead atoms. The van der Waals surface area contributed by atoms with Gasteiger partial charge in [0.1, 0.15) is 11.9 Å². The van der Waals surface area contributed by atoms with Crippen molar-refractivity contribution in [3.05, 3.63) is 24.0 Å². The van der Waals surface area contributed by atoms with Crippen molar-refractivity contribution in [3.8, 4) is 0 Å². The third-order valence-corrected chi connectivity index (χ3v) is 4.17. The molecule has 5 nitrogen and oxygen atoms in total. The minimum atomic E-state index is -0.458. The van der Waals surface area contributed by atoms with Gasteiger partial charge in [0.25, 0.3) is 0 Å². The van der Waals surface area contributed by atoms with Crippen LogP contribution in [0, 0.1) is 17.3 Å². The third-order valence-electron chi connectivity index (χ3n) is 4.17. The summed E-state index contributed by atoms with van der Waals surface area (Å²) in [7, 11) is 0. The van der Waals surface area contributed by atoms with E-state index < -0.39 is 5.92 Å². The molecular weight excluding hydrogens is 248 g/mol. The quantitative estimate of drug-likeness (QED) is 0.765. The van der Waals surface area contributed by atoms with Gasteiger partial charge in [-0.1, -0.05) is 6.08 Å². The number of allylic oxidation sites excluding steroid dienone is 1. The molecule has 1 saturated carbocycles. The fourth-order valence-electron chi connectivity index (χ4n) is 3.20. The normalized spacial score (nSPS) is 39.3. The molecule has 0 radical (unpaired) electrons. The Hall–Kier alpha value is -1.78. The number of aliphatic hydroxyl groups excluding tert-OH is 1.